The summed E-state index contributed by atoms with van der Waals surface area (Å²) in [6.45, 7) is 2.08. The van der Waals surface area contributed by atoms with E-state index in [1.54, 1.807) is 0 Å². The van der Waals surface area contributed by atoms with Crippen LogP contribution in [0.15, 0.2) is 53.4 Å². The third-order valence-corrected chi connectivity index (χ3v) is 4.65. The number of fused-ring (bicyclic) bond motifs is 1. The summed E-state index contributed by atoms with van der Waals surface area (Å²) in [5, 5.41) is 3.55. The second-order valence-corrected chi connectivity index (χ2v) is 5.81. The van der Waals surface area contributed by atoms with Crippen molar-refractivity contribution in [3.05, 3.63) is 65.2 Å². The number of nitrogens with one attached hydrogen (secondary N) is 1. The molecule has 1 aliphatic rings. The zero-order valence-electron chi connectivity index (χ0n) is 11.2. The Morgan fingerprint density at radius 3 is 2.68 bits per heavy atom. The minimum atomic E-state index is 0.523. The van der Waals surface area contributed by atoms with Gasteiger partial charge >= 0.3 is 0 Å². The fraction of sp³-hybridized carbons (Fsp3) is 0.294. The number of hydrogen-bond acceptors (Lipinski definition) is 2. The Balaban J connectivity index is 2.13. The number of rotatable bonds is 2. The minimum Gasteiger partial charge on any atom is -0.313 e. The molecule has 2 aromatic rings. The standard InChI is InChI=1S/C17H19NS/c1-19-16-9-5-8-14-12-18-11-10-15(17(14)16)13-6-3-2-4-7-13/h2-9,15,18H,10-12H2,1H3. The van der Waals surface area contributed by atoms with Crippen LogP contribution in [0.3, 0.4) is 0 Å². The van der Waals surface area contributed by atoms with Gasteiger partial charge in [0.05, 0.1) is 0 Å². The summed E-state index contributed by atoms with van der Waals surface area (Å²) in [5.41, 5.74) is 4.43. The molecule has 1 nitrogen and oxygen atoms in total. The molecule has 1 heterocycles. The molecular formula is C17H19NS. The molecule has 1 unspecified atom stereocenters. The summed E-state index contributed by atoms with van der Waals surface area (Å²) in [6, 6.07) is 17.6. The third kappa shape index (κ3) is 2.56. The van der Waals surface area contributed by atoms with Gasteiger partial charge in [0, 0.05) is 17.4 Å². The van der Waals surface area contributed by atoms with Gasteiger partial charge in [0.15, 0.2) is 0 Å². The van der Waals surface area contributed by atoms with Crippen molar-refractivity contribution in [3.63, 3.8) is 0 Å². The molecule has 2 heteroatoms. The summed E-state index contributed by atoms with van der Waals surface area (Å²) in [5.74, 6) is 0.523. The second kappa shape index (κ2) is 5.81. The van der Waals surface area contributed by atoms with Crippen LogP contribution in [0, 0.1) is 0 Å². The van der Waals surface area contributed by atoms with Gasteiger partial charge in [-0.3, -0.25) is 0 Å². The first-order valence-electron chi connectivity index (χ1n) is 6.81. The van der Waals surface area contributed by atoms with Crippen LogP contribution in [0.4, 0.5) is 0 Å². The van der Waals surface area contributed by atoms with Crippen LogP contribution in [0.25, 0.3) is 0 Å². The summed E-state index contributed by atoms with van der Waals surface area (Å²) in [7, 11) is 0. The molecule has 0 saturated heterocycles. The first-order chi connectivity index (χ1) is 9.40. The second-order valence-electron chi connectivity index (χ2n) is 4.96. The lowest BCUT2D eigenvalue weighted by molar-refractivity contribution is 0.645. The summed E-state index contributed by atoms with van der Waals surface area (Å²) in [4.78, 5) is 1.43. The van der Waals surface area contributed by atoms with E-state index >= 15 is 0 Å². The van der Waals surface area contributed by atoms with Crippen LogP contribution in [-0.2, 0) is 6.54 Å². The predicted octanol–water partition coefficient (Wildman–Crippen LogP) is 4.03. The predicted molar refractivity (Wildman–Crippen MR) is 82.8 cm³/mol. The lowest BCUT2D eigenvalue weighted by Gasteiger charge is -2.20. The minimum absolute atomic E-state index is 0.523. The van der Waals surface area contributed by atoms with Crippen molar-refractivity contribution in [2.45, 2.75) is 23.8 Å². The number of benzene rings is 2. The molecule has 98 valence electrons. The molecular weight excluding hydrogens is 250 g/mol. The van der Waals surface area contributed by atoms with Crippen LogP contribution in [0.5, 0.6) is 0 Å². The van der Waals surface area contributed by atoms with Gasteiger partial charge in [0.1, 0.15) is 0 Å². The number of hydrogen-bond donors (Lipinski definition) is 1. The van der Waals surface area contributed by atoms with Crippen molar-refractivity contribution in [1.29, 1.82) is 0 Å². The Morgan fingerprint density at radius 1 is 1.05 bits per heavy atom. The van der Waals surface area contributed by atoms with Crippen LogP contribution >= 0.6 is 11.8 Å². The Kier molecular flexibility index (Phi) is 3.90. The van der Waals surface area contributed by atoms with E-state index in [2.05, 4.69) is 60.1 Å². The van der Waals surface area contributed by atoms with Crippen LogP contribution < -0.4 is 5.32 Å². The highest BCUT2D eigenvalue weighted by Crippen LogP contribution is 2.37. The average molecular weight is 269 g/mol. The maximum atomic E-state index is 3.55. The molecule has 0 aliphatic carbocycles. The summed E-state index contributed by atoms with van der Waals surface area (Å²) in [6.07, 6.45) is 3.35. The van der Waals surface area contributed by atoms with Gasteiger partial charge in [0.2, 0.25) is 0 Å². The van der Waals surface area contributed by atoms with E-state index in [1.807, 2.05) is 11.8 Å². The Morgan fingerprint density at radius 2 is 1.89 bits per heavy atom. The van der Waals surface area contributed by atoms with Gasteiger partial charge in [-0.15, -0.1) is 11.8 Å². The molecule has 2 aromatic carbocycles. The van der Waals surface area contributed by atoms with Gasteiger partial charge < -0.3 is 5.32 Å². The van der Waals surface area contributed by atoms with Gasteiger partial charge in [-0.25, -0.2) is 0 Å². The van der Waals surface area contributed by atoms with Gasteiger partial charge in [-0.2, -0.15) is 0 Å². The molecule has 3 rings (SSSR count). The Bertz CT molecular complexity index is 550. The summed E-state index contributed by atoms with van der Waals surface area (Å²) < 4.78 is 0. The van der Waals surface area contributed by atoms with E-state index in [0.717, 1.165) is 13.1 Å². The topological polar surface area (TPSA) is 12.0 Å². The van der Waals surface area contributed by atoms with E-state index < -0.39 is 0 Å². The van der Waals surface area contributed by atoms with E-state index in [4.69, 9.17) is 0 Å². The van der Waals surface area contributed by atoms with Gasteiger partial charge in [-0.05, 0) is 42.0 Å². The highest BCUT2D eigenvalue weighted by atomic mass is 32.2. The molecule has 0 spiro atoms. The lowest BCUT2D eigenvalue weighted by atomic mass is 9.86. The van der Waals surface area contributed by atoms with Crippen LogP contribution in [0.2, 0.25) is 0 Å². The Labute approximate surface area is 119 Å². The molecule has 0 aromatic heterocycles. The quantitative estimate of drug-likeness (QED) is 0.826. The first-order valence-corrected chi connectivity index (χ1v) is 8.04. The highest BCUT2D eigenvalue weighted by Gasteiger charge is 2.22. The Hall–Kier alpha value is -1.25. The molecule has 0 bridgehead atoms. The SMILES string of the molecule is CSc1cccc2c1C(c1ccccc1)CCNC2. The van der Waals surface area contributed by atoms with Gasteiger partial charge in [0.25, 0.3) is 0 Å². The van der Waals surface area contributed by atoms with Crippen molar-refractivity contribution in [3.8, 4) is 0 Å². The monoisotopic (exact) mass is 269 g/mol. The fourth-order valence-corrected chi connectivity index (χ4v) is 3.66. The molecule has 1 aliphatic heterocycles. The molecule has 1 atom stereocenters. The maximum absolute atomic E-state index is 3.55. The molecule has 0 amide bonds. The van der Waals surface area contributed by atoms with Gasteiger partial charge in [-0.1, -0.05) is 42.5 Å². The van der Waals surface area contributed by atoms with E-state index in [-0.39, 0.29) is 0 Å². The first kappa shape index (κ1) is 12.8. The zero-order valence-corrected chi connectivity index (χ0v) is 12.0. The summed E-state index contributed by atoms with van der Waals surface area (Å²) >= 11 is 1.86. The zero-order chi connectivity index (χ0) is 13.1. The van der Waals surface area contributed by atoms with Crippen LogP contribution in [0.1, 0.15) is 29.0 Å². The fourth-order valence-electron chi connectivity index (χ4n) is 2.95. The van der Waals surface area contributed by atoms with E-state index in [0.29, 0.717) is 5.92 Å². The smallest absolute Gasteiger partial charge is 0.0208 e. The molecule has 1 N–H and O–H groups in total. The van der Waals surface area contributed by atoms with Crippen molar-refractivity contribution in [1.82, 2.24) is 5.32 Å². The third-order valence-electron chi connectivity index (χ3n) is 3.85. The maximum Gasteiger partial charge on any atom is 0.0208 e. The highest BCUT2D eigenvalue weighted by molar-refractivity contribution is 7.98. The normalized spacial score (nSPS) is 18.7. The molecule has 0 radical (unpaired) electrons. The molecule has 0 fully saturated rings. The van der Waals surface area contributed by atoms with Crippen molar-refractivity contribution >= 4 is 11.8 Å². The molecule has 19 heavy (non-hydrogen) atoms. The van der Waals surface area contributed by atoms with Crippen LogP contribution in [-0.4, -0.2) is 12.8 Å². The van der Waals surface area contributed by atoms with E-state index in [9.17, 15) is 0 Å². The van der Waals surface area contributed by atoms with Crippen molar-refractivity contribution in [2.24, 2.45) is 0 Å². The van der Waals surface area contributed by atoms with Crippen molar-refractivity contribution in [2.75, 3.05) is 12.8 Å². The number of thioether (sulfide) groups is 1. The lowest BCUT2D eigenvalue weighted by Crippen LogP contribution is -2.12. The van der Waals surface area contributed by atoms with E-state index in [1.165, 1.54) is 28.0 Å². The average Bonchev–Trinajstić information content (AvgIpc) is 2.70. The molecule has 0 saturated carbocycles. The largest absolute Gasteiger partial charge is 0.313 e. The van der Waals surface area contributed by atoms with Crippen molar-refractivity contribution < 1.29 is 0 Å².